The highest BCUT2D eigenvalue weighted by Crippen LogP contribution is 2.06. The first kappa shape index (κ1) is 16.2. The van der Waals surface area contributed by atoms with Gasteiger partial charge in [-0.1, -0.05) is 0 Å². The molecular formula is C13H22N4O3. The molecule has 0 aliphatic heterocycles. The molecule has 20 heavy (non-hydrogen) atoms. The largest absolute Gasteiger partial charge is 0.480 e. The van der Waals surface area contributed by atoms with Crippen molar-refractivity contribution in [1.82, 2.24) is 14.5 Å². The molecule has 0 spiro atoms. The number of carbonyl (C=O) groups is 1. The zero-order valence-corrected chi connectivity index (χ0v) is 12.4. The van der Waals surface area contributed by atoms with Gasteiger partial charge in [0.1, 0.15) is 6.54 Å². The Hall–Kier alpha value is -1.89. The average Bonchev–Trinajstić information content (AvgIpc) is 2.34. The zero-order chi connectivity index (χ0) is 15.3. The summed E-state index contributed by atoms with van der Waals surface area (Å²) in [4.78, 5) is 30.8. The minimum atomic E-state index is -0.982. The van der Waals surface area contributed by atoms with Gasteiger partial charge in [0.25, 0.3) is 5.56 Å². The lowest BCUT2D eigenvalue weighted by molar-refractivity contribution is -0.135. The van der Waals surface area contributed by atoms with E-state index < -0.39 is 5.97 Å². The molecule has 0 radical (unpaired) electrons. The molecule has 1 aromatic heterocycles. The van der Waals surface area contributed by atoms with Gasteiger partial charge in [0.15, 0.2) is 5.82 Å². The monoisotopic (exact) mass is 282 g/mol. The van der Waals surface area contributed by atoms with Crippen LogP contribution in [-0.4, -0.2) is 59.3 Å². The number of nitrogens with zero attached hydrogens (tertiary/aromatic N) is 4. The molecule has 0 aromatic carbocycles. The third-order valence-electron chi connectivity index (χ3n) is 2.85. The quantitative estimate of drug-likeness (QED) is 0.774. The summed E-state index contributed by atoms with van der Waals surface area (Å²) in [6, 6.07) is 0.00442. The Kier molecular flexibility index (Phi) is 5.69. The van der Waals surface area contributed by atoms with Crippen LogP contribution in [0.15, 0.2) is 17.2 Å². The number of carboxylic acid groups (broad SMARTS) is 1. The number of anilines is 1. The molecule has 1 N–H and O–H groups in total. The molecule has 1 rings (SSSR count). The maximum Gasteiger partial charge on any atom is 0.323 e. The van der Waals surface area contributed by atoms with Crippen LogP contribution in [-0.2, 0) is 4.79 Å². The molecule has 7 nitrogen and oxygen atoms in total. The molecule has 7 heteroatoms. The normalized spacial score (nSPS) is 11.1. The molecule has 0 bridgehead atoms. The number of hydrogen-bond acceptors (Lipinski definition) is 5. The van der Waals surface area contributed by atoms with Crippen molar-refractivity contribution < 1.29 is 9.90 Å². The molecule has 112 valence electrons. The lowest BCUT2D eigenvalue weighted by Crippen LogP contribution is -2.40. The summed E-state index contributed by atoms with van der Waals surface area (Å²) in [5.41, 5.74) is -0.262. The van der Waals surface area contributed by atoms with Crippen molar-refractivity contribution >= 4 is 11.8 Å². The summed E-state index contributed by atoms with van der Waals surface area (Å²) >= 11 is 0. The van der Waals surface area contributed by atoms with Crippen molar-refractivity contribution in [3.63, 3.8) is 0 Å². The van der Waals surface area contributed by atoms with Crippen molar-refractivity contribution in [1.29, 1.82) is 0 Å². The summed E-state index contributed by atoms with van der Waals surface area (Å²) < 4.78 is 1.55. The smallest absolute Gasteiger partial charge is 0.323 e. The fourth-order valence-electron chi connectivity index (χ4n) is 1.78. The van der Waals surface area contributed by atoms with E-state index in [0.29, 0.717) is 13.1 Å². The van der Waals surface area contributed by atoms with Gasteiger partial charge in [-0.15, -0.1) is 0 Å². The lowest BCUT2D eigenvalue weighted by Gasteiger charge is -2.23. The van der Waals surface area contributed by atoms with Crippen LogP contribution in [0.4, 0.5) is 5.82 Å². The van der Waals surface area contributed by atoms with Gasteiger partial charge < -0.3 is 19.5 Å². The van der Waals surface area contributed by atoms with E-state index >= 15 is 0 Å². The van der Waals surface area contributed by atoms with E-state index in [-0.39, 0.29) is 24.0 Å². The molecule has 1 aromatic rings. The number of aliphatic carboxylic acids is 1. The third kappa shape index (κ3) is 4.34. The van der Waals surface area contributed by atoms with Crippen molar-refractivity contribution in [3.8, 4) is 0 Å². The number of aromatic nitrogens is 2. The minimum absolute atomic E-state index is 0.00442. The molecule has 0 aliphatic carbocycles. The lowest BCUT2D eigenvalue weighted by atomic mass is 10.3. The van der Waals surface area contributed by atoms with E-state index in [1.807, 2.05) is 32.8 Å². The SMILES string of the molecule is CC(C)n1ccnc(N(CCN(C)C)CC(=O)O)c1=O. The molecule has 0 saturated carbocycles. The summed E-state index contributed by atoms with van der Waals surface area (Å²) in [6.07, 6.45) is 3.14. The van der Waals surface area contributed by atoms with Crippen molar-refractivity contribution in [2.24, 2.45) is 0 Å². The van der Waals surface area contributed by atoms with Gasteiger partial charge in [-0.25, -0.2) is 4.98 Å². The van der Waals surface area contributed by atoms with Crippen LogP contribution in [0, 0.1) is 0 Å². The van der Waals surface area contributed by atoms with Crippen LogP contribution < -0.4 is 10.5 Å². The van der Waals surface area contributed by atoms with Crippen LogP contribution in [0.3, 0.4) is 0 Å². The third-order valence-corrected chi connectivity index (χ3v) is 2.85. The van der Waals surface area contributed by atoms with Gasteiger partial charge in [0, 0.05) is 31.5 Å². The fourth-order valence-corrected chi connectivity index (χ4v) is 1.78. The Balaban J connectivity index is 3.09. The second-order valence-corrected chi connectivity index (χ2v) is 5.18. The van der Waals surface area contributed by atoms with Crippen molar-refractivity contribution in [3.05, 3.63) is 22.7 Å². The van der Waals surface area contributed by atoms with Crippen LogP contribution in [0.25, 0.3) is 0 Å². The van der Waals surface area contributed by atoms with Gasteiger partial charge in [0.05, 0.1) is 0 Å². The van der Waals surface area contributed by atoms with Gasteiger partial charge in [-0.2, -0.15) is 0 Å². The van der Waals surface area contributed by atoms with Gasteiger partial charge in [-0.05, 0) is 27.9 Å². The number of rotatable bonds is 7. The summed E-state index contributed by atoms with van der Waals surface area (Å²) in [7, 11) is 3.79. The molecule has 0 saturated heterocycles. The summed E-state index contributed by atoms with van der Waals surface area (Å²) in [5, 5.41) is 8.99. The highest BCUT2D eigenvalue weighted by Gasteiger charge is 2.17. The minimum Gasteiger partial charge on any atom is -0.480 e. The van der Waals surface area contributed by atoms with E-state index in [0.717, 1.165) is 0 Å². The van der Waals surface area contributed by atoms with Crippen molar-refractivity contribution in [2.45, 2.75) is 19.9 Å². The fraction of sp³-hybridized carbons (Fsp3) is 0.615. The molecule has 0 amide bonds. The van der Waals surface area contributed by atoms with Crippen LogP contribution >= 0.6 is 0 Å². The van der Waals surface area contributed by atoms with Crippen LogP contribution in [0.5, 0.6) is 0 Å². The number of likely N-dealkylation sites (N-methyl/N-ethyl adjacent to an activating group) is 1. The van der Waals surface area contributed by atoms with Crippen LogP contribution in [0.1, 0.15) is 19.9 Å². The Morgan fingerprint density at radius 2 is 2.05 bits per heavy atom. The molecule has 1 heterocycles. The molecule has 0 atom stereocenters. The summed E-state index contributed by atoms with van der Waals surface area (Å²) in [5.74, 6) is -0.796. The van der Waals surface area contributed by atoms with E-state index in [1.165, 1.54) is 11.1 Å². The first-order chi connectivity index (χ1) is 9.32. The summed E-state index contributed by atoms with van der Waals surface area (Å²) in [6.45, 7) is 4.63. The second kappa shape index (κ2) is 7.04. The van der Waals surface area contributed by atoms with E-state index in [9.17, 15) is 9.59 Å². The predicted molar refractivity (Wildman–Crippen MR) is 77.3 cm³/mol. The highest BCUT2D eigenvalue weighted by molar-refractivity contribution is 5.73. The van der Waals surface area contributed by atoms with Crippen LogP contribution in [0.2, 0.25) is 0 Å². The maximum atomic E-state index is 12.3. The maximum absolute atomic E-state index is 12.3. The predicted octanol–water partition coefficient (Wildman–Crippen LogP) is 0.277. The molecule has 0 aliphatic rings. The number of carboxylic acids is 1. The Bertz CT molecular complexity index is 511. The van der Waals surface area contributed by atoms with Gasteiger partial charge in [0.2, 0.25) is 0 Å². The zero-order valence-electron chi connectivity index (χ0n) is 12.4. The Labute approximate surface area is 118 Å². The van der Waals surface area contributed by atoms with Gasteiger partial charge in [-0.3, -0.25) is 9.59 Å². The second-order valence-electron chi connectivity index (χ2n) is 5.18. The Morgan fingerprint density at radius 1 is 1.40 bits per heavy atom. The topological polar surface area (TPSA) is 78.7 Å². The van der Waals surface area contributed by atoms with Crippen molar-refractivity contribution in [2.75, 3.05) is 38.6 Å². The van der Waals surface area contributed by atoms with E-state index in [4.69, 9.17) is 5.11 Å². The molecular weight excluding hydrogens is 260 g/mol. The molecule has 0 fully saturated rings. The van der Waals surface area contributed by atoms with Gasteiger partial charge >= 0.3 is 5.97 Å². The highest BCUT2D eigenvalue weighted by atomic mass is 16.4. The molecule has 0 unspecified atom stereocenters. The average molecular weight is 282 g/mol. The van der Waals surface area contributed by atoms with E-state index in [1.54, 1.807) is 10.8 Å². The first-order valence-electron chi connectivity index (χ1n) is 6.51. The first-order valence-corrected chi connectivity index (χ1v) is 6.51. The number of hydrogen-bond donors (Lipinski definition) is 1. The standard InChI is InChI=1S/C13H22N4O3/c1-10(2)17-6-5-14-12(13(17)20)16(9-11(18)19)8-7-15(3)4/h5-6,10H,7-9H2,1-4H3,(H,18,19). The Morgan fingerprint density at radius 3 is 2.55 bits per heavy atom. The van der Waals surface area contributed by atoms with E-state index in [2.05, 4.69) is 4.98 Å².